The highest BCUT2D eigenvalue weighted by Gasteiger charge is 2.20. The molecule has 220 valence electrons. The fourth-order valence-electron chi connectivity index (χ4n) is 5.41. The lowest BCUT2D eigenvalue weighted by Gasteiger charge is -2.13. The molecule has 0 saturated heterocycles. The van der Waals surface area contributed by atoms with E-state index in [1.54, 1.807) is 0 Å². The summed E-state index contributed by atoms with van der Waals surface area (Å²) in [7, 11) is 0. The Hall–Kier alpha value is -6.28. The molecule has 4 aromatic heterocycles. The molecule has 7 aromatic rings. The van der Waals surface area contributed by atoms with Crippen LogP contribution in [0.2, 0.25) is 0 Å². The molecule has 1 unspecified atom stereocenters. The summed E-state index contributed by atoms with van der Waals surface area (Å²) in [4.78, 5) is 9.57. The normalized spacial score (nSPS) is 14.3. The number of hydrogen-bond acceptors (Lipinski definition) is 8. The number of nitrogens with zero attached hydrogens (tertiary/aromatic N) is 6. The van der Waals surface area contributed by atoms with Crippen molar-refractivity contribution in [2.24, 2.45) is 0 Å². The second kappa shape index (κ2) is 12.0. The zero-order chi connectivity index (χ0) is 30.7. The van der Waals surface area contributed by atoms with Crippen molar-refractivity contribution in [3.8, 4) is 57.1 Å². The van der Waals surface area contributed by atoms with Crippen LogP contribution < -0.4 is 0 Å². The molecule has 0 saturated carbocycles. The van der Waals surface area contributed by atoms with Gasteiger partial charge in [0.05, 0.1) is 17.3 Å². The van der Waals surface area contributed by atoms with E-state index in [0.29, 0.717) is 46.3 Å². The predicted octanol–water partition coefficient (Wildman–Crippen LogP) is 8.70. The zero-order valence-corrected chi connectivity index (χ0v) is 24.6. The highest BCUT2D eigenvalue weighted by atomic mass is 16.4. The maximum Gasteiger partial charge on any atom is 0.266 e. The summed E-state index contributed by atoms with van der Waals surface area (Å²) >= 11 is 0. The molecule has 0 N–H and O–H groups in total. The second-order valence-electron chi connectivity index (χ2n) is 10.8. The Morgan fingerprint density at radius 1 is 0.457 bits per heavy atom. The van der Waals surface area contributed by atoms with E-state index in [9.17, 15) is 0 Å². The van der Waals surface area contributed by atoms with E-state index >= 15 is 0 Å². The highest BCUT2D eigenvalue weighted by Crippen LogP contribution is 2.32. The first-order chi connectivity index (χ1) is 22.8. The van der Waals surface area contributed by atoms with E-state index in [1.165, 1.54) is 11.1 Å². The lowest BCUT2D eigenvalue weighted by atomic mass is 9.93. The number of aromatic nitrogens is 6. The van der Waals surface area contributed by atoms with E-state index in [4.69, 9.17) is 18.8 Å². The topological polar surface area (TPSA) is 104 Å². The van der Waals surface area contributed by atoms with Gasteiger partial charge < -0.3 is 8.83 Å². The van der Waals surface area contributed by atoms with Gasteiger partial charge in [-0.1, -0.05) is 103 Å². The van der Waals surface area contributed by atoms with Crippen LogP contribution in [0.1, 0.15) is 23.8 Å². The summed E-state index contributed by atoms with van der Waals surface area (Å²) in [6.45, 7) is 0. The molecule has 0 bridgehead atoms. The molecule has 3 aromatic carbocycles. The first-order valence-electron chi connectivity index (χ1n) is 15.0. The summed E-state index contributed by atoms with van der Waals surface area (Å²) in [5.74, 6) is 1.68. The van der Waals surface area contributed by atoms with Crippen molar-refractivity contribution in [3.05, 3.63) is 151 Å². The number of benzene rings is 3. The van der Waals surface area contributed by atoms with Crippen molar-refractivity contribution in [2.45, 2.75) is 12.3 Å². The number of allylic oxidation sites excluding steroid dienone is 4. The summed E-state index contributed by atoms with van der Waals surface area (Å²) in [5.41, 5.74) is 7.91. The lowest BCUT2D eigenvalue weighted by molar-refractivity contribution is 0.483. The minimum absolute atomic E-state index is 0.0105. The molecule has 8 heteroatoms. The van der Waals surface area contributed by atoms with Gasteiger partial charge in [0.1, 0.15) is 11.4 Å². The largest absolute Gasteiger partial charge is 0.419 e. The third-order valence-electron chi connectivity index (χ3n) is 7.83. The average Bonchev–Trinajstić information content (AvgIpc) is 3.84. The average molecular weight is 599 g/mol. The van der Waals surface area contributed by atoms with Gasteiger partial charge in [-0.05, 0) is 65.1 Å². The second-order valence-corrected chi connectivity index (χ2v) is 10.8. The maximum absolute atomic E-state index is 6.09. The van der Waals surface area contributed by atoms with Crippen molar-refractivity contribution >= 4 is 5.57 Å². The van der Waals surface area contributed by atoms with E-state index < -0.39 is 0 Å². The summed E-state index contributed by atoms with van der Waals surface area (Å²) < 4.78 is 12.1. The quantitative estimate of drug-likeness (QED) is 0.179. The van der Waals surface area contributed by atoms with E-state index in [2.05, 4.69) is 62.9 Å². The van der Waals surface area contributed by atoms with Crippen molar-refractivity contribution in [1.82, 2.24) is 30.4 Å². The summed E-state index contributed by atoms with van der Waals surface area (Å²) in [5, 5.41) is 17.2. The number of hydrogen-bond donors (Lipinski definition) is 0. The van der Waals surface area contributed by atoms with Crippen LogP contribution in [0.25, 0.3) is 62.7 Å². The molecule has 0 spiro atoms. The van der Waals surface area contributed by atoms with Crippen LogP contribution in [-0.2, 0) is 0 Å². The molecule has 1 aliphatic carbocycles. The fourth-order valence-corrected chi connectivity index (χ4v) is 5.41. The highest BCUT2D eigenvalue weighted by molar-refractivity contribution is 5.75. The summed E-state index contributed by atoms with van der Waals surface area (Å²) in [6, 6.07) is 39.8. The van der Waals surface area contributed by atoms with Crippen molar-refractivity contribution in [2.75, 3.05) is 0 Å². The molecule has 1 atom stereocenters. The summed E-state index contributed by atoms with van der Waals surface area (Å²) in [6.07, 6.45) is 7.21. The Morgan fingerprint density at radius 2 is 1.00 bits per heavy atom. The Morgan fingerprint density at radius 3 is 1.65 bits per heavy atom. The Kier molecular flexibility index (Phi) is 7.12. The number of pyridine rings is 2. The predicted molar refractivity (Wildman–Crippen MR) is 176 cm³/mol. The van der Waals surface area contributed by atoms with Gasteiger partial charge in [-0.25, -0.2) is 9.97 Å². The zero-order valence-electron chi connectivity index (χ0n) is 24.6. The first-order valence-corrected chi connectivity index (χ1v) is 15.0. The third-order valence-corrected chi connectivity index (χ3v) is 7.83. The van der Waals surface area contributed by atoms with Crippen molar-refractivity contribution in [3.63, 3.8) is 0 Å². The Labute approximate surface area is 264 Å². The van der Waals surface area contributed by atoms with Gasteiger partial charge in [0.2, 0.25) is 11.8 Å². The molecule has 0 fully saturated rings. The van der Waals surface area contributed by atoms with E-state index in [0.717, 1.165) is 23.1 Å². The molecule has 0 amide bonds. The van der Waals surface area contributed by atoms with Gasteiger partial charge in [-0.15, -0.1) is 20.4 Å². The van der Waals surface area contributed by atoms with Gasteiger partial charge >= 0.3 is 0 Å². The SMILES string of the molecule is C1=CC(c2nnc(-c3cccc(-c4cccc(-c5nnc(-c6ccc(-c7ccccc7)cc6)o5)n4)n3)o2)CC=C1c1ccccc1. The monoisotopic (exact) mass is 598 g/mol. The maximum atomic E-state index is 6.09. The van der Waals surface area contributed by atoms with Crippen LogP contribution in [0.4, 0.5) is 0 Å². The van der Waals surface area contributed by atoms with E-state index in [1.807, 2.05) is 97.1 Å². The Bertz CT molecular complexity index is 2180. The van der Waals surface area contributed by atoms with Gasteiger partial charge in [0.25, 0.3) is 11.8 Å². The standard InChI is InChI=1S/C38H26N6O2/c1-3-9-25(10-4-1)27-17-21-29(22-18-27)35-41-43-37(45-35)33-15-7-13-31(39-33)32-14-8-16-34(40-32)38-44-42-36(46-38)30-23-19-28(20-24-30)26-11-5-2-6-12-26/h1-23,30H,24H2. The molecule has 0 radical (unpaired) electrons. The van der Waals surface area contributed by atoms with Gasteiger partial charge in [-0.3, -0.25) is 0 Å². The number of rotatable bonds is 7. The molecule has 46 heavy (non-hydrogen) atoms. The molecular weight excluding hydrogens is 572 g/mol. The van der Waals surface area contributed by atoms with Gasteiger partial charge in [0.15, 0.2) is 0 Å². The van der Waals surface area contributed by atoms with Crippen molar-refractivity contribution < 1.29 is 8.83 Å². The van der Waals surface area contributed by atoms with Crippen molar-refractivity contribution in [1.29, 1.82) is 0 Å². The van der Waals surface area contributed by atoms with Crippen LogP contribution in [0.15, 0.2) is 148 Å². The minimum atomic E-state index is 0.0105. The molecule has 8 rings (SSSR count). The van der Waals surface area contributed by atoms with Crippen LogP contribution in [-0.4, -0.2) is 30.4 Å². The molecule has 0 aliphatic heterocycles. The first kappa shape index (κ1) is 27.3. The molecule has 8 nitrogen and oxygen atoms in total. The molecule has 4 heterocycles. The van der Waals surface area contributed by atoms with Gasteiger partial charge in [-0.2, -0.15) is 0 Å². The molecule has 1 aliphatic rings. The fraction of sp³-hybridized carbons (Fsp3) is 0.0526. The third kappa shape index (κ3) is 5.55. The minimum Gasteiger partial charge on any atom is -0.419 e. The van der Waals surface area contributed by atoms with Crippen LogP contribution in [0.5, 0.6) is 0 Å². The Balaban J connectivity index is 0.990. The van der Waals surface area contributed by atoms with E-state index in [-0.39, 0.29) is 5.92 Å². The van der Waals surface area contributed by atoms with Gasteiger partial charge in [0, 0.05) is 5.56 Å². The van der Waals surface area contributed by atoms with Crippen LogP contribution >= 0.6 is 0 Å². The van der Waals surface area contributed by atoms with Crippen LogP contribution in [0.3, 0.4) is 0 Å². The van der Waals surface area contributed by atoms with Crippen LogP contribution in [0, 0.1) is 0 Å². The molecular formula is C38H26N6O2. The smallest absolute Gasteiger partial charge is 0.266 e. The lowest BCUT2D eigenvalue weighted by Crippen LogP contribution is -1.99.